The number of carbonyl (C=O) groups is 2. The van der Waals surface area contributed by atoms with Crippen LogP contribution in [-0.4, -0.2) is 28.8 Å². The molecule has 0 aromatic heterocycles. The summed E-state index contributed by atoms with van der Waals surface area (Å²) in [4.78, 5) is 27.8. The molecule has 1 aliphatic rings. The number of nitrogens with one attached hydrogen (secondary N) is 1. The molecule has 0 saturated heterocycles. The summed E-state index contributed by atoms with van der Waals surface area (Å²) in [7, 11) is 0. The van der Waals surface area contributed by atoms with Crippen LogP contribution in [0.5, 0.6) is 0 Å². The molecule has 3 rings (SSSR count). The van der Waals surface area contributed by atoms with Gasteiger partial charge in [-0.1, -0.05) is 49.7 Å². The van der Waals surface area contributed by atoms with Crippen molar-refractivity contribution in [2.24, 2.45) is 5.92 Å². The Balaban J connectivity index is 1.77. The van der Waals surface area contributed by atoms with Gasteiger partial charge in [0, 0.05) is 12.6 Å². The Hall–Kier alpha value is -2.40. The lowest BCUT2D eigenvalue weighted by molar-refractivity contribution is -0.135. The topological polar surface area (TPSA) is 49.4 Å². The minimum absolute atomic E-state index is 0.0894. The number of carbonyl (C=O) groups excluding carboxylic acids is 2. The number of amides is 2. The Morgan fingerprint density at radius 3 is 2.36 bits per heavy atom. The smallest absolute Gasteiger partial charge is 0.253 e. The van der Waals surface area contributed by atoms with E-state index in [0.717, 1.165) is 18.4 Å². The van der Waals surface area contributed by atoms with Crippen LogP contribution in [-0.2, 0) is 11.3 Å². The van der Waals surface area contributed by atoms with Crippen molar-refractivity contribution in [1.29, 1.82) is 0 Å². The maximum Gasteiger partial charge on any atom is 0.253 e. The monoisotopic (exact) mass is 402 g/mol. The number of rotatable bonds is 7. The van der Waals surface area contributed by atoms with Crippen molar-refractivity contribution in [3.05, 3.63) is 70.5 Å². The van der Waals surface area contributed by atoms with Gasteiger partial charge in [0.1, 0.15) is 11.9 Å². The second kappa shape index (κ2) is 8.74. The lowest BCUT2D eigenvalue weighted by Gasteiger charge is -2.30. The molecule has 1 N–H and O–H groups in total. The largest absolute Gasteiger partial charge is 0.340 e. The summed E-state index contributed by atoms with van der Waals surface area (Å²) < 4.78 is 13.2. The van der Waals surface area contributed by atoms with E-state index in [2.05, 4.69) is 5.32 Å². The average Bonchev–Trinajstić information content (AvgIpc) is 3.50. The van der Waals surface area contributed by atoms with E-state index in [9.17, 15) is 14.0 Å². The van der Waals surface area contributed by atoms with Crippen LogP contribution in [0.1, 0.15) is 42.6 Å². The maximum absolute atomic E-state index is 13.3. The van der Waals surface area contributed by atoms with Gasteiger partial charge >= 0.3 is 0 Å². The van der Waals surface area contributed by atoms with Gasteiger partial charge in [-0.05, 0) is 48.6 Å². The van der Waals surface area contributed by atoms with Crippen LogP contribution in [0.15, 0.2) is 48.5 Å². The van der Waals surface area contributed by atoms with E-state index in [1.54, 1.807) is 41.3 Å². The molecule has 0 bridgehead atoms. The summed E-state index contributed by atoms with van der Waals surface area (Å²) in [6.07, 6.45) is 1.88. The van der Waals surface area contributed by atoms with Crippen LogP contribution in [0.3, 0.4) is 0 Å². The highest BCUT2D eigenvalue weighted by Gasteiger charge is 2.37. The standard InChI is InChI=1S/C22H24ClFN2O2/c1-14(2)20(25-21(27)18-5-3-4-6-19(18)23)22(28)26(17-11-12-17)13-15-7-9-16(24)10-8-15/h3-10,14,17,20H,11-13H2,1-2H3,(H,25,27). The van der Waals surface area contributed by atoms with E-state index in [4.69, 9.17) is 11.6 Å². The normalized spacial score (nSPS) is 14.6. The molecule has 2 amide bonds. The Bertz CT molecular complexity index is 850. The molecule has 0 heterocycles. The molecule has 148 valence electrons. The second-order valence-corrected chi connectivity index (χ2v) is 7.91. The van der Waals surface area contributed by atoms with E-state index in [-0.39, 0.29) is 29.6 Å². The number of benzene rings is 2. The Labute approximate surface area is 169 Å². The first-order chi connectivity index (χ1) is 13.4. The van der Waals surface area contributed by atoms with Crippen LogP contribution in [0.25, 0.3) is 0 Å². The SMILES string of the molecule is CC(C)C(NC(=O)c1ccccc1Cl)C(=O)N(Cc1ccc(F)cc1)C1CC1. The van der Waals surface area contributed by atoms with Gasteiger partial charge in [0.15, 0.2) is 0 Å². The van der Waals surface area contributed by atoms with Gasteiger partial charge < -0.3 is 10.2 Å². The minimum Gasteiger partial charge on any atom is -0.340 e. The van der Waals surface area contributed by atoms with Crippen LogP contribution < -0.4 is 5.32 Å². The van der Waals surface area contributed by atoms with Crippen molar-refractivity contribution in [1.82, 2.24) is 10.2 Å². The fraction of sp³-hybridized carbons (Fsp3) is 0.364. The predicted molar refractivity (Wildman–Crippen MR) is 108 cm³/mol. The summed E-state index contributed by atoms with van der Waals surface area (Å²) in [5.41, 5.74) is 1.21. The van der Waals surface area contributed by atoms with Crippen LogP contribution >= 0.6 is 11.6 Å². The quantitative estimate of drug-likeness (QED) is 0.745. The van der Waals surface area contributed by atoms with Crippen molar-refractivity contribution in [2.45, 2.75) is 45.3 Å². The number of halogens is 2. The Kier molecular flexibility index (Phi) is 6.35. The molecule has 0 spiro atoms. The van der Waals surface area contributed by atoms with E-state index >= 15 is 0 Å². The molecule has 1 unspecified atom stereocenters. The zero-order valence-corrected chi connectivity index (χ0v) is 16.7. The van der Waals surface area contributed by atoms with E-state index in [1.807, 2.05) is 13.8 Å². The minimum atomic E-state index is -0.662. The first-order valence-electron chi connectivity index (χ1n) is 9.47. The molecule has 28 heavy (non-hydrogen) atoms. The molecule has 1 atom stereocenters. The van der Waals surface area contributed by atoms with Crippen molar-refractivity contribution < 1.29 is 14.0 Å². The number of nitrogens with zero attached hydrogens (tertiary/aromatic N) is 1. The highest BCUT2D eigenvalue weighted by Crippen LogP contribution is 2.30. The Morgan fingerprint density at radius 1 is 1.14 bits per heavy atom. The van der Waals surface area contributed by atoms with Crippen molar-refractivity contribution in [3.63, 3.8) is 0 Å². The molecule has 4 nitrogen and oxygen atoms in total. The van der Waals surface area contributed by atoms with Crippen molar-refractivity contribution in [2.75, 3.05) is 0 Å². The van der Waals surface area contributed by atoms with Crippen LogP contribution in [0.2, 0.25) is 5.02 Å². The predicted octanol–water partition coefficient (Wildman–Crippen LogP) is 4.42. The first-order valence-corrected chi connectivity index (χ1v) is 9.85. The molecule has 6 heteroatoms. The van der Waals surface area contributed by atoms with Gasteiger partial charge in [0.25, 0.3) is 5.91 Å². The van der Waals surface area contributed by atoms with Crippen LogP contribution in [0, 0.1) is 11.7 Å². The zero-order valence-electron chi connectivity index (χ0n) is 16.0. The summed E-state index contributed by atoms with van der Waals surface area (Å²) in [6, 6.07) is 12.4. The zero-order chi connectivity index (χ0) is 20.3. The molecule has 1 aliphatic carbocycles. The lowest BCUT2D eigenvalue weighted by Crippen LogP contribution is -2.51. The molecule has 1 fully saturated rings. The Morgan fingerprint density at radius 2 is 1.79 bits per heavy atom. The third-order valence-corrected chi connectivity index (χ3v) is 5.20. The highest BCUT2D eigenvalue weighted by molar-refractivity contribution is 6.33. The summed E-state index contributed by atoms with van der Waals surface area (Å²) in [5.74, 6) is -0.883. The molecule has 0 aliphatic heterocycles. The van der Waals surface area contributed by atoms with Crippen molar-refractivity contribution >= 4 is 23.4 Å². The third kappa shape index (κ3) is 4.90. The van der Waals surface area contributed by atoms with Crippen molar-refractivity contribution in [3.8, 4) is 0 Å². The number of hydrogen-bond donors (Lipinski definition) is 1. The van der Waals surface area contributed by atoms with E-state index in [1.165, 1.54) is 12.1 Å². The average molecular weight is 403 g/mol. The fourth-order valence-corrected chi connectivity index (χ4v) is 3.34. The summed E-state index contributed by atoms with van der Waals surface area (Å²) >= 11 is 6.12. The maximum atomic E-state index is 13.3. The summed E-state index contributed by atoms with van der Waals surface area (Å²) in [6.45, 7) is 4.20. The van der Waals surface area contributed by atoms with Gasteiger partial charge in [-0.25, -0.2) is 4.39 Å². The van der Waals surface area contributed by atoms with E-state index < -0.39 is 6.04 Å². The highest BCUT2D eigenvalue weighted by atomic mass is 35.5. The molecular weight excluding hydrogens is 379 g/mol. The summed E-state index contributed by atoms with van der Waals surface area (Å²) in [5, 5.41) is 3.20. The van der Waals surface area contributed by atoms with Gasteiger partial charge in [0.05, 0.1) is 10.6 Å². The van der Waals surface area contributed by atoms with Gasteiger partial charge in [-0.15, -0.1) is 0 Å². The first kappa shape index (κ1) is 20.3. The fourth-order valence-electron chi connectivity index (χ4n) is 3.12. The molecule has 2 aromatic carbocycles. The molecule has 2 aromatic rings. The van der Waals surface area contributed by atoms with Gasteiger partial charge in [-0.3, -0.25) is 9.59 Å². The molecule has 0 radical (unpaired) electrons. The number of hydrogen-bond acceptors (Lipinski definition) is 2. The second-order valence-electron chi connectivity index (χ2n) is 7.50. The van der Waals surface area contributed by atoms with Crippen LogP contribution in [0.4, 0.5) is 4.39 Å². The van der Waals surface area contributed by atoms with E-state index in [0.29, 0.717) is 17.1 Å². The van der Waals surface area contributed by atoms with Gasteiger partial charge in [-0.2, -0.15) is 0 Å². The lowest BCUT2D eigenvalue weighted by atomic mass is 10.0. The van der Waals surface area contributed by atoms with Gasteiger partial charge in [0.2, 0.25) is 5.91 Å². The molecular formula is C22H24ClFN2O2. The molecule has 1 saturated carbocycles. The third-order valence-electron chi connectivity index (χ3n) is 4.87.